The van der Waals surface area contributed by atoms with Gasteiger partial charge in [0.15, 0.2) is 0 Å². The van der Waals surface area contributed by atoms with Gasteiger partial charge in [-0.15, -0.1) is 11.3 Å². The number of hydrogen-bond acceptors (Lipinski definition) is 6. The smallest absolute Gasteiger partial charge is 0.325 e. The lowest BCUT2D eigenvalue weighted by atomic mass is 10.2. The van der Waals surface area contributed by atoms with Gasteiger partial charge in [0.1, 0.15) is 11.6 Å². The summed E-state index contributed by atoms with van der Waals surface area (Å²) in [5.74, 6) is -0.751. The highest BCUT2D eigenvalue weighted by Gasteiger charge is 2.10. The Morgan fingerprint density at radius 1 is 1.33 bits per heavy atom. The van der Waals surface area contributed by atoms with Crippen LogP contribution in [0.4, 0.5) is 5.69 Å². The lowest BCUT2D eigenvalue weighted by molar-refractivity contribution is -0.141. The Morgan fingerprint density at radius 2 is 2.05 bits per heavy atom. The van der Waals surface area contributed by atoms with Crippen molar-refractivity contribution in [2.45, 2.75) is 6.42 Å². The monoisotopic (exact) mass is 305 g/mol. The van der Waals surface area contributed by atoms with E-state index >= 15 is 0 Å². The maximum absolute atomic E-state index is 11.7. The van der Waals surface area contributed by atoms with Gasteiger partial charge in [-0.2, -0.15) is 0 Å². The van der Waals surface area contributed by atoms with E-state index in [1.807, 2.05) is 17.5 Å². The molecule has 6 nitrogen and oxygen atoms in total. The standard InChI is InChI=1S/C14H15N3O3S/c1-20-13(19)7-16-12(18)6-11-8-21-14(17-11)9-2-4-10(15)5-3-9/h2-5,8H,6-7,15H2,1H3,(H,16,18). The number of nitrogen functional groups attached to an aromatic ring is 1. The number of nitrogens with one attached hydrogen (secondary N) is 1. The molecular weight excluding hydrogens is 290 g/mol. The van der Waals surface area contributed by atoms with Crippen LogP contribution in [0.25, 0.3) is 10.6 Å². The van der Waals surface area contributed by atoms with Crippen LogP contribution < -0.4 is 11.1 Å². The summed E-state index contributed by atoms with van der Waals surface area (Å²) in [6, 6.07) is 7.38. The second-order valence-corrected chi connectivity index (χ2v) is 5.15. The molecule has 0 atom stereocenters. The minimum absolute atomic E-state index is 0.127. The Labute approximate surface area is 125 Å². The van der Waals surface area contributed by atoms with E-state index in [0.717, 1.165) is 10.6 Å². The van der Waals surface area contributed by atoms with Crippen molar-refractivity contribution in [1.82, 2.24) is 10.3 Å². The molecule has 0 aliphatic rings. The first kappa shape index (κ1) is 15.0. The Morgan fingerprint density at radius 3 is 2.71 bits per heavy atom. The Kier molecular flexibility index (Phi) is 4.89. The third kappa shape index (κ3) is 4.28. The number of thiazole rings is 1. The van der Waals surface area contributed by atoms with Gasteiger partial charge in [0, 0.05) is 16.6 Å². The molecule has 0 saturated heterocycles. The van der Waals surface area contributed by atoms with Crippen molar-refractivity contribution in [1.29, 1.82) is 0 Å². The predicted octanol–water partition coefficient (Wildman–Crippen LogP) is 1.22. The minimum Gasteiger partial charge on any atom is -0.468 e. The summed E-state index contributed by atoms with van der Waals surface area (Å²) in [6.45, 7) is -0.135. The Bertz CT molecular complexity index is 637. The van der Waals surface area contributed by atoms with E-state index in [2.05, 4.69) is 15.0 Å². The number of ether oxygens (including phenoxy) is 1. The number of carbonyl (C=O) groups excluding carboxylic acids is 2. The molecule has 1 aromatic heterocycles. The van der Waals surface area contributed by atoms with Gasteiger partial charge in [-0.1, -0.05) is 0 Å². The van der Waals surface area contributed by atoms with Crippen molar-refractivity contribution in [3.8, 4) is 10.6 Å². The zero-order valence-electron chi connectivity index (χ0n) is 11.5. The molecule has 2 aromatic rings. The van der Waals surface area contributed by atoms with Gasteiger partial charge in [-0.05, 0) is 24.3 Å². The number of nitrogens with zero attached hydrogens (tertiary/aromatic N) is 1. The topological polar surface area (TPSA) is 94.3 Å². The van der Waals surface area contributed by atoms with Crippen LogP contribution in [0.3, 0.4) is 0 Å². The van der Waals surface area contributed by atoms with Crippen molar-refractivity contribution in [3.05, 3.63) is 35.3 Å². The summed E-state index contributed by atoms with van der Waals surface area (Å²) in [5, 5.41) is 5.12. The molecule has 1 heterocycles. The fourth-order valence-electron chi connectivity index (χ4n) is 1.62. The van der Waals surface area contributed by atoms with Gasteiger partial charge in [-0.25, -0.2) is 4.98 Å². The molecule has 1 aromatic carbocycles. The summed E-state index contributed by atoms with van der Waals surface area (Å²) in [7, 11) is 1.27. The van der Waals surface area contributed by atoms with Gasteiger partial charge in [0.25, 0.3) is 0 Å². The molecule has 0 spiro atoms. The SMILES string of the molecule is COC(=O)CNC(=O)Cc1csc(-c2ccc(N)cc2)n1. The molecule has 0 saturated carbocycles. The third-order valence-corrected chi connectivity index (χ3v) is 3.65. The first-order valence-corrected chi connectivity index (χ1v) is 7.10. The second kappa shape index (κ2) is 6.85. The first-order valence-electron chi connectivity index (χ1n) is 6.22. The molecular formula is C14H15N3O3S. The van der Waals surface area contributed by atoms with Crippen molar-refractivity contribution in [3.63, 3.8) is 0 Å². The number of anilines is 1. The number of methoxy groups -OCH3 is 1. The molecule has 0 fully saturated rings. The van der Waals surface area contributed by atoms with E-state index in [1.54, 1.807) is 12.1 Å². The second-order valence-electron chi connectivity index (χ2n) is 4.30. The largest absolute Gasteiger partial charge is 0.468 e. The molecule has 2 rings (SSSR count). The first-order chi connectivity index (χ1) is 10.1. The van der Waals surface area contributed by atoms with Crippen LogP contribution in [-0.4, -0.2) is 30.5 Å². The molecule has 7 heteroatoms. The molecule has 21 heavy (non-hydrogen) atoms. The number of benzene rings is 1. The van der Waals surface area contributed by atoms with E-state index in [4.69, 9.17) is 5.73 Å². The van der Waals surface area contributed by atoms with Gasteiger partial charge < -0.3 is 15.8 Å². The summed E-state index contributed by atoms with van der Waals surface area (Å²) in [4.78, 5) is 27.0. The minimum atomic E-state index is -0.482. The van der Waals surface area contributed by atoms with E-state index < -0.39 is 5.97 Å². The van der Waals surface area contributed by atoms with E-state index in [1.165, 1.54) is 18.4 Å². The molecule has 0 radical (unpaired) electrons. The van der Waals surface area contributed by atoms with Crippen LogP contribution in [0.5, 0.6) is 0 Å². The summed E-state index contributed by atoms with van der Waals surface area (Å²) in [5.41, 5.74) is 7.95. The van der Waals surface area contributed by atoms with Crippen molar-refractivity contribution in [2.24, 2.45) is 0 Å². The highest BCUT2D eigenvalue weighted by Crippen LogP contribution is 2.24. The summed E-state index contributed by atoms with van der Waals surface area (Å²) >= 11 is 1.46. The molecule has 110 valence electrons. The molecule has 0 bridgehead atoms. The average Bonchev–Trinajstić information content (AvgIpc) is 2.94. The normalized spacial score (nSPS) is 10.1. The number of carbonyl (C=O) groups is 2. The maximum Gasteiger partial charge on any atom is 0.325 e. The quantitative estimate of drug-likeness (QED) is 0.640. The van der Waals surface area contributed by atoms with Crippen LogP contribution in [0.1, 0.15) is 5.69 Å². The lowest BCUT2D eigenvalue weighted by Gasteiger charge is -2.02. The summed E-state index contributed by atoms with van der Waals surface area (Å²) < 4.78 is 4.44. The van der Waals surface area contributed by atoms with Gasteiger partial charge in [0.05, 0.1) is 19.2 Å². The van der Waals surface area contributed by atoms with Gasteiger partial charge >= 0.3 is 5.97 Å². The fourth-order valence-corrected chi connectivity index (χ4v) is 2.44. The van der Waals surface area contributed by atoms with E-state index in [9.17, 15) is 9.59 Å². The zero-order chi connectivity index (χ0) is 15.2. The van der Waals surface area contributed by atoms with Crippen LogP contribution in [-0.2, 0) is 20.7 Å². The molecule has 0 aliphatic carbocycles. The molecule has 3 N–H and O–H groups in total. The zero-order valence-corrected chi connectivity index (χ0v) is 12.3. The van der Waals surface area contributed by atoms with Crippen LogP contribution in [0.15, 0.2) is 29.6 Å². The van der Waals surface area contributed by atoms with Crippen molar-refractivity contribution in [2.75, 3.05) is 19.4 Å². The van der Waals surface area contributed by atoms with Crippen LogP contribution in [0, 0.1) is 0 Å². The fraction of sp³-hybridized carbons (Fsp3) is 0.214. The number of esters is 1. The van der Waals surface area contributed by atoms with Crippen molar-refractivity contribution < 1.29 is 14.3 Å². The summed E-state index contributed by atoms with van der Waals surface area (Å²) in [6.07, 6.45) is 0.127. The molecule has 1 amide bonds. The highest BCUT2D eigenvalue weighted by molar-refractivity contribution is 7.13. The van der Waals surface area contributed by atoms with Crippen LogP contribution in [0.2, 0.25) is 0 Å². The molecule has 0 unspecified atom stereocenters. The van der Waals surface area contributed by atoms with E-state index in [0.29, 0.717) is 11.4 Å². The number of amides is 1. The van der Waals surface area contributed by atoms with E-state index in [-0.39, 0.29) is 18.9 Å². The van der Waals surface area contributed by atoms with Crippen LogP contribution >= 0.6 is 11.3 Å². The molecule has 0 aliphatic heterocycles. The van der Waals surface area contributed by atoms with Gasteiger partial charge in [0.2, 0.25) is 5.91 Å². The lowest BCUT2D eigenvalue weighted by Crippen LogP contribution is -2.31. The number of aromatic nitrogens is 1. The van der Waals surface area contributed by atoms with Crippen molar-refractivity contribution >= 4 is 28.9 Å². The number of hydrogen-bond donors (Lipinski definition) is 2. The number of nitrogens with two attached hydrogens (primary N) is 1. The third-order valence-electron chi connectivity index (χ3n) is 2.71. The Hall–Kier alpha value is -2.41. The Balaban J connectivity index is 1.95. The average molecular weight is 305 g/mol. The predicted molar refractivity (Wildman–Crippen MR) is 80.7 cm³/mol. The van der Waals surface area contributed by atoms with Gasteiger partial charge in [-0.3, -0.25) is 9.59 Å². The highest BCUT2D eigenvalue weighted by atomic mass is 32.1. The maximum atomic E-state index is 11.7. The number of rotatable bonds is 5.